The lowest BCUT2D eigenvalue weighted by Gasteiger charge is -2.37. The highest BCUT2D eigenvalue weighted by Gasteiger charge is 2.29. The van der Waals surface area contributed by atoms with Crippen LogP contribution in [-0.4, -0.2) is 45.6 Å². The van der Waals surface area contributed by atoms with E-state index in [9.17, 15) is 14.1 Å². The second-order valence-electron chi connectivity index (χ2n) is 5.41. The molecule has 110 valence electrons. The Kier molecular flexibility index (Phi) is 4.94. The molecule has 1 aliphatic rings. The van der Waals surface area contributed by atoms with Crippen molar-refractivity contribution < 1.29 is 14.1 Å². The number of rotatable bonds is 3. The summed E-state index contributed by atoms with van der Waals surface area (Å²) in [5, 5.41) is 9.27. The predicted octanol–water partition coefficient (Wildman–Crippen LogP) is 1.66. The summed E-state index contributed by atoms with van der Waals surface area (Å²) >= 11 is 0. The quantitative estimate of drug-likeness (QED) is 0.922. The Labute approximate surface area is 122 Å². The maximum absolute atomic E-state index is 12.5. The van der Waals surface area contributed by atoms with Crippen LogP contribution >= 0.6 is 0 Å². The van der Waals surface area contributed by atoms with Gasteiger partial charge in [0.25, 0.3) is 5.91 Å². The van der Waals surface area contributed by atoms with E-state index in [1.807, 2.05) is 11.8 Å². The molecule has 3 atom stereocenters. The number of aliphatic hydroxyl groups is 1. The molecular formula is C15H21NO3S. The number of hydrogen-bond acceptors (Lipinski definition) is 3. The Hall–Kier alpha value is -1.20. The van der Waals surface area contributed by atoms with E-state index in [1.54, 1.807) is 30.5 Å². The van der Waals surface area contributed by atoms with Crippen LogP contribution in [0.1, 0.15) is 30.1 Å². The molecule has 0 radical (unpaired) electrons. The molecule has 1 N–H and O–H groups in total. The molecule has 1 amide bonds. The highest BCUT2D eigenvalue weighted by Crippen LogP contribution is 2.23. The van der Waals surface area contributed by atoms with E-state index in [2.05, 4.69) is 0 Å². The molecule has 1 aromatic carbocycles. The minimum absolute atomic E-state index is 0.0101. The summed E-state index contributed by atoms with van der Waals surface area (Å²) in [5.74, 6) is 0.168. The Morgan fingerprint density at radius 2 is 2.00 bits per heavy atom. The first-order valence-electron chi connectivity index (χ1n) is 6.88. The first kappa shape index (κ1) is 15.2. The van der Waals surface area contributed by atoms with Crippen LogP contribution in [0.5, 0.6) is 0 Å². The molecule has 1 fully saturated rings. The van der Waals surface area contributed by atoms with E-state index in [0.717, 1.165) is 17.7 Å². The SMILES string of the molecule is CC1CCC(CO)CN1C(=O)c1ccc(S(C)=O)cc1. The van der Waals surface area contributed by atoms with Crippen molar-refractivity contribution in [2.75, 3.05) is 19.4 Å². The molecule has 0 bridgehead atoms. The van der Waals surface area contributed by atoms with Crippen LogP contribution in [0, 0.1) is 5.92 Å². The van der Waals surface area contributed by atoms with Crippen molar-refractivity contribution in [2.24, 2.45) is 5.92 Å². The standard InChI is InChI=1S/C15H21NO3S/c1-11-3-4-12(10-17)9-16(11)15(18)13-5-7-14(8-6-13)20(2)19/h5-8,11-12,17H,3-4,9-10H2,1-2H3. The van der Waals surface area contributed by atoms with Gasteiger partial charge in [0, 0.05) is 46.7 Å². The first-order valence-corrected chi connectivity index (χ1v) is 8.44. The van der Waals surface area contributed by atoms with E-state index in [-0.39, 0.29) is 24.5 Å². The lowest BCUT2D eigenvalue weighted by atomic mass is 9.93. The molecule has 4 nitrogen and oxygen atoms in total. The zero-order chi connectivity index (χ0) is 14.7. The second-order valence-corrected chi connectivity index (χ2v) is 6.79. The smallest absolute Gasteiger partial charge is 0.254 e. The van der Waals surface area contributed by atoms with Crippen LogP contribution in [-0.2, 0) is 10.8 Å². The van der Waals surface area contributed by atoms with Crippen molar-refractivity contribution in [1.29, 1.82) is 0 Å². The van der Waals surface area contributed by atoms with Gasteiger partial charge in [-0.3, -0.25) is 9.00 Å². The van der Waals surface area contributed by atoms with Crippen molar-refractivity contribution in [3.63, 3.8) is 0 Å². The van der Waals surface area contributed by atoms with Gasteiger partial charge >= 0.3 is 0 Å². The van der Waals surface area contributed by atoms with Crippen molar-refractivity contribution in [2.45, 2.75) is 30.7 Å². The van der Waals surface area contributed by atoms with Gasteiger partial charge in [0.05, 0.1) is 0 Å². The number of benzene rings is 1. The van der Waals surface area contributed by atoms with Crippen molar-refractivity contribution >= 4 is 16.7 Å². The molecule has 5 heteroatoms. The lowest BCUT2D eigenvalue weighted by molar-refractivity contribution is 0.0489. The average Bonchev–Trinajstić information content (AvgIpc) is 2.47. The summed E-state index contributed by atoms with van der Waals surface area (Å²) in [6.45, 7) is 2.78. The molecule has 1 aromatic rings. The highest BCUT2D eigenvalue weighted by molar-refractivity contribution is 7.84. The van der Waals surface area contributed by atoms with Gasteiger partial charge in [0.1, 0.15) is 0 Å². The van der Waals surface area contributed by atoms with Crippen molar-refractivity contribution in [1.82, 2.24) is 4.90 Å². The Balaban J connectivity index is 2.15. The van der Waals surface area contributed by atoms with E-state index in [0.29, 0.717) is 12.1 Å². The summed E-state index contributed by atoms with van der Waals surface area (Å²) in [6.07, 6.45) is 3.51. The van der Waals surface area contributed by atoms with Gasteiger partial charge in [0.2, 0.25) is 0 Å². The number of hydrogen-bond donors (Lipinski definition) is 1. The molecule has 20 heavy (non-hydrogen) atoms. The largest absolute Gasteiger partial charge is 0.396 e. The molecule has 0 aliphatic carbocycles. The number of carbonyl (C=O) groups excluding carboxylic acids is 1. The van der Waals surface area contributed by atoms with Crippen LogP contribution in [0.4, 0.5) is 0 Å². The van der Waals surface area contributed by atoms with E-state index in [1.165, 1.54) is 0 Å². The fraction of sp³-hybridized carbons (Fsp3) is 0.533. The van der Waals surface area contributed by atoms with E-state index in [4.69, 9.17) is 0 Å². The molecule has 2 rings (SSSR count). The monoisotopic (exact) mass is 295 g/mol. The Bertz CT molecular complexity index is 500. The average molecular weight is 295 g/mol. The van der Waals surface area contributed by atoms with Gasteiger partial charge in [-0.1, -0.05) is 0 Å². The molecule has 1 aliphatic heterocycles. The third-order valence-electron chi connectivity index (χ3n) is 3.93. The van der Waals surface area contributed by atoms with Crippen LogP contribution in [0.25, 0.3) is 0 Å². The van der Waals surface area contributed by atoms with Gasteiger partial charge in [-0.15, -0.1) is 0 Å². The maximum Gasteiger partial charge on any atom is 0.254 e. The van der Waals surface area contributed by atoms with Gasteiger partial charge in [0.15, 0.2) is 0 Å². The third-order valence-corrected chi connectivity index (χ3v) is 4.87. The number of likely N-dealkylation sites (tertiary alicyclic amines) is 1. The number of aliphatic hydroxyl groups excluding tert-OH is 1. The molecule has 3 unspecified atom stereocenters. The lowest BCUT2D eigenvalue weighted by Crippen LogP contribution is -2.46. The summed E-state index contributed by atoms with van der Waals surface area (Å²) in [4.78, 5) is 15.1. The first-order chi connectivity index (χ1) is 9.52. The number of nitrogens with zero attached hydrogens (tertiary/aromatic N) is 1. The summed E-state index contributed by atoms with van der Waals surface area (Å²) < 4.78 is 11.4. The van der Waals surface area contributed by atoms with E-state index >= 15 is 0 Å². The molecule has 1 saturated heterocycles. The summed E-state index contributed by atoms with van der Waals surface area (Å²) in [5.41, 5.74) is 0.615. The van der Waals surface area contributed by atoms with Crippen LogP contribution in [0.3, 0.4) is 0 Å². The van der Waals surface area contributed by atoms with Crippen LogP contribution in [0.2, 0.25) is 0 Å². The summed E-state index contributed by atoms with van der Waals surface area (Å²) in [7, 11) is -1.03. The predicted molar refractivity (Wildman–Crippen MR) is 79.1 cm³/mol. The Morgan fingerprint density at radius 3 is 2.55 bits per heavy atom. The topological polar surface area (TPSA) is 57.6 Å². The normalized spacial score (nSPS) is 24.4. The van der Waals surface area contributed by atoms with Crippen LogP contribution in [0.15, 0.2) is 29.2 Å². The third kappa shape index (κ3) is 3.27. The minimum Gasteiger partial charge on any atom is -0.396 e. The summed E-state index contributed by atoms with van der Waals surface area (Å²) in [6, 6.07) is 7.14. The number of carbonyl (C=O) groups is 1. The fourth-order valence-corrected chi connectivity index (χ4v) is 3.09. The minimum atomic E-state index is -1.03. The number of amides is 1. The highest BCUT2D eigenvalue weighted by atomic mass is 32.2. The molecule has 0 spiro atoms. The zero-order valence-electron chi connectivity index (χ0n) is 11.9. The Morgan fingerprint density at radius 1 is 1.35 bits per heavy atom. The fourth-order valence-electron chi connectivity index (χ4n) is 2.57. The second kappa shape index (κ2) is 6.50. The molecule has 0 aromatic heterocycles. The molecular weight excluding hydrogens is 274 g/mol. The van der Waals surface area contributed by atoms with Gasteiger partial charge in [-0.25, -0.2) is 0 Å². The maximum atomic E-state index is 12.5. The zero-order valence-corrected chi connectivity index (χ0v) is 12.7. The van der Waals surface area contributed by atoms with E-state index < -0.39 is 10.8 Å². The van der Waals surface area contributed by atoms with Crippen LogP contribution < -0.4 is 0 Å². The van der Waals surface area contributed by atoms with Crippen molar-refractivity contribution in [3.8, 4) is 0 Å². The molecule has 0 saturated carbocycles. The van der Waals surface area contributed by atoms with Gasteiger partial charge < -0.3 is 10.0 Å². The molecule has 1 heterocycles. The van der Waals surface area contributed by atoms with Crippen molar-refractivity contribution in [3.05, 3.63) is 29.8 Å². The number of piperidine rings is 1. The van der Waals surface area contributed by atoms with Gasteiger partial charge in [-0.2, -0.15) is 0 Å². The van der Waals surface area contributed by atoms with Gasteiger partial charge in [-0.05, 0) is 49.9 Å².